The monoisotopic (exact) mass is 346 g/mol. The predicted octanol–water partition coefficient (Wildman–Crippen LogP) is 1.26. The van der Waals surface area contributed by atoms with E-state index >= 15 is 0 Å². The SMILES string of the molecule is O=C(O)[C@@H]1CC2C[C@@H](CN3CC(F)(F)C[C@H]3C(=O)O)CCC2CN1. The average molecular weight is 346 g/mol. The quantitative estimate of drug-likeness (QED) is 0.710. The lowest BCUT2D eigenvalue weighted by Crippen LogP contribution is -2.50. The van der Waals surface area contributed by atoms with E-state index in [9.17, 15) is 23.5 Å². The number of rotatable bonds is 4. The molecule has 0 aromatic carbocycles. The highest BCUT2D eigenvalue weighted by atomic mass is 19.3. The molecule has 6 nitrogen and oxygen atoms in total. The smallest absolute Gasteiger partial charge is 0.321 e. The summed E-state index contributed by atoms with van der Waals surface area (Å²) in [4.78, 5) is 23.8. The molecule has 3 N–H and O–H groups in total. The maximum Gasteiger partial charge on any atom is 0.321 e. The molecular weight excluding hydrogens is 322 g/mol. The Morgan fingerprint density at radius 1 is 1.12 bits per heavy atom. The second kappa shape index (κ2) is 6.55. The van der Waals surface area contributed by atoms with Crippen molar-refractivity contribution in [3.63, 3.8) is 0 Å². The maximum absolute atomic E-state index is 13.6. The Bertz CT molecular complexity index is 516. The fourth-order valence-corrected chi connectivity index (χ4v) is 4.67. The average Bonchev–Trinajstić information content (AvgIpc) is 2.81. The summed E-state index contributed by atoms with van der Waals surface area (Å²) in [5.41, 5.74) is 0. The summed E-state index contributed by atoms with van der Waals surface area (Å²) < 4.78 is 27.2. The Kier molecular flexibility index (Phi) is 4.79. The number of nitrogens with zero attached hydrogens (tertiary/aromatic N) is 1. The van der Waals surface area contributed by atoms with Crippen molar-refractivity contribution >= 4 is 11.9 Å². The summed E-state index contributed by atoms with van der Waals surface area (Å²) in [7, 11) is 0. The predicted molar refractivity (Wildman–Crippen MR) is 80.9 cm³/mol. The summed E-state index contributed by atoms with van der Waals surface area (Å²) in [6.07, 6.45) is 2.57. The first kappa shape index (κ1) is 17.5. The molecule has 1 aliphatic carbocycles. The molecule has 3 aliphatic rings. The van der Waals surface area contributed by atoms with Crippen molar-refractivity contribution in [2.75, 3.05) is 19.6 Å². The van der Waals surface area contributed by atoms with Crippen molar-refractivity contribution in [3.05, 3.63) is 0 Å². The van der Waals surface area contributed by atoms with Crippen molar-refractivity contribution in [2.45, 2.75) is 50.1 Å². The lowest BCUT2D eigenvalue weighted by Gasteiger charge is -2.42. The molecule has 3 fully saturated rings. The zero-order valence-corrected chi connectivity index (χ0v) is 13.5. The summed E-state index contributed by atoms with van der Waals surface area (Å²) in [6.45, 7) is 0.558. The van der Waals surface area contributed by atoms with Gasteiger partial charge in [0.1, 0.15) is 12.1 Å². The van der Waals surface area contributed by atoms with Crippen molar-refractivity contribution in [1.29, 1.82) is 0 Å². The number of fused-ring (bicyclic) bond motifs is 1. The summed E-state index contributed by atoms with van der Waals surface area (Å²) in [5, 5.41) is 21.4. The summed E-state index contributed by atoms with van der Waals surface area (Å²) in [5.74, 6) is -4.10. The molecule has 0 amide bonds. The zero-order chi connectivity index (χ0) is 17.5. The molecule has 5 atom stereocenters. The van der Waals surface area contributed by atoms with Crippen LogP contribution >= 0.6 is 0 Å². The van der Waals surface area contributed by atoms with E-state index in [1.54, 1.807) is 0 Å². The fraction of sp³-hybridized carbons (Fsp3) is 0.875. The van der Waals surface area contributed by atoms with Crippen LogP contribution in [0.5, 0.6) is 0 Å². The van der Waals surface area contributed by atoms with Gasteiger partial charge in [-0.1, -0.05) is 0 Å². The Morgan fingerprint density at radius 3 is 2.54 bits per heavy atom. The number of carboxylic acids is 2. The number of alkyl halides is 2. The van der Waals surface area contributed by atoms with Gasteiger partial charge in [0.15, 0.2) is 0 Å². The van der Waals surface area contributed by atoms with Crippen molar-refractivity contribution in [2.24, 2.45) is 17.8 Å². The highest BCUT2D eigenvalue weighted by molar-refractivity contribution is 5.74. The zero-order valence-electron chi connectivity index (χ0n) is 13.5. The molecular formula is C16H24F2N2O4. The summed E-state index contributed by atoms with van der Waals surface area (Å²) >= 11 is 0. The molecule has 0 aromatic rings. The van der Waals surface area contributed by atoms with Gasteiger partial charge in [-0.15, -0.1) is 0 Å². The largest absolute Gasteiger partial charge is 0.480 e. The number of carboxylic acid groups (broad SMARTS) is 2. The fourth-order valence-electron chi connectivity index (χ4n) is 4.67. The van der Waals surface area contributed by atoms with Gasteiger partial charge in [-0.3, -0.25) is 14.5 Å². The topological polar surface area (TPSA) is 89.9 Å². The molecule has 24 heavy (non-hydrogen) atoms. The van der Waals surface area contributed by atoms with Crippen LogP contribution in [0.1, 0.15) is 32.1 Å². The molecule has 0 spiro atoms. The highest BCUT2D eigenvalue weighted by Crippen LogP contribution is 2.40. The summed E-state index contributed by atoms with van der Waals surface area (Å²) in [6, 6.07) is -1.65. The second-order valence-electron chi connectivity index (χ2n) is 7.58. The van der Waals surface area contributed by atoms with E-state index < -0.39 is 42.9 Å². The number of likely N-dealkylation sites (tertiary alicyclic amines) is 1. The van der Waals surface area contributed by atoms with Crippen LogP contribution in [0.4, 0.5) is 8.78 Å². The minimum atomic E-state index is -2.94. The minimum Gasteiger partial charge on any atom is -0.480 e. The third kappa shape index (κ3) is 3.69. The van der Waals surface area contributed by atoms with E-state index in [1.807, 2.05) is 0 Å². The van der Waals surface area contributed by atoms with Gasteiger partial charge in [-0.2, -0.15) is 0 Å². The van der Waals surface area contributed by atoms with Gasteiger partial charge in [0.05, 0.1) is 6.54 Å². The van der Waals surface area contributed by atoms with Gasteiger partial charge < -0.3 is 15.5 Å². The van der Waals surface area contributed by atoms with Gasteiger partial charge in [-0.25, -0.2) is 8.78 Å². The van der Waals surface area contributed by atoms with Crippen LogP contribution in [0, 0.1) is 17.8 Å². The Labute approximate surface area is 139 Å². The van der Waals surface area contributed by atoms with Crippen molar-refractivity contribution in [1.82, 2.24) is 10.2 Å². The highest BCUT2D eigenvalue weighted by Gasteiger charge is 2.49. The van der Waals surface area contributed by atoms with Crippen LogP contribution in [0.15, 0.2) is 0 Å². The van der Waals surface area contributed by atoms with Crippen molar-refractivity contribution < 1.29 is 28.6 Å². The Balaban J connectivity index is 1.60. The molecule has 2 heterocycles. The second-order valence-corrected chi connectivity index (χ2v) is 7.58. The molecule has 1 saturated carbocycles. The molecule has 2 unspecified atom stereocenters. The number of hydrogen-bond acceptors (Lipinski definition) is 4. The molecule has 0 radical (unpaired) electrons. The molecule has 0 bridgehead atoms. The first-order chi connectivity index (χ1) is 11.2. The van der Waals surface area contributed by atoms with E-state index in [1.165, 1.54) is 4.90 Å². The Morgan fingerprint density at radius 2 is 1.88 bits per heavy atom. The number of hydrogen-bond donors (Lipinski definition) is 3. The van der Waals surface area contributed by atoms with Crippen LogP contribution in [-0.2, 0) is 9.59 Å². The minimum absolute atomic E-state index is 0.162. The van der Waals surface area contributed by atoms with Gasteiger partial charge in [0.2, 0.25) is 0 Å². The number of halogens is 2. The number of aliphatic carboxylic acids is 2. The van der Waals surface area contributed by atoms with E-state index in [4.69, 9.17) is 5.11 Å². The molecule has 3 rings (SSSR count). The molecule has 2 aliphatic heterocycles. The molecule has 2 saturated heterocycles. The van der Waals surface area contributed by atoms with Gasteiger partial charge in [0.25, 0.3) is 5.92 Å². The van der Waals surface area contributed by atoms with Gasteiger partial charge >= 0.3 is 11.9 Å². The van der Waals surface area contributed by atoms with Crippen LogP contribution in [0.2, 0.25) is 0 Å². The van der Waals surface area contributed by atoms with Crippen LogP contribution < -0.4 is 5.32 Å². The first-order valence-corrected chi connectivity index (χ1v) is 8.56. The first-order valence-electron chi connectivity index (χ1n) is 8.56. The van der Waals surface area contributed by atoms with Crippen LogP contribution in [0.3, 0.4) is 0 Å². The number of nitrogens with one attached hydrogen (secondary N) is 1. The van der Waals surface area contributed by atoms with E-state index in [-0.39, 0.29) is 11.8 Å². The van der Waals surface area contributed by atoms with Crippen LogP contribution in [0.25, 0.3) is 0 Å². The van der Waals surface area contributed by atoms with E-state index in [0.29, 0.717) is 25.4 Å². The van der Waals surface area contributed by atoms with Crippen LogP contribution in [-0.4, -0.2) is 64.7 Å². The van der Waals surface area contributed by atoms with Gasteiger partial charge in [-0.05, 0) is 50.0 Å². The molecule has 8 heteroatoms. The van der Waals surface area contributed by atoms with Gasteiger partial charge in [0, 0.05) is 13.0 Å². The molecule has 136 valence electrons. The normalized spacial score (nSPS) is 39.3. The number of carbonyl (C=O) groups is 2. The lowest BCUT2D eigenvalue weighted by atomic mass is 9.69. The standard InChI is InChI=1S/C16H24F2N2O4/c17-16(18)5-13(15(23)24)20(8-16)7-9-1-2-10-6-19-12(14(21)22)4-11(10)3-9/h9-13,19H,1-8H2,(H,21,22)(H,23,24)/t9-,10?,11?,12-,13-/m0/s1. The maximum atomic E-state index is 13.6. The lowest BCUT2D eigenvalue weighted by molar-refractivity contribution is -0.143. The third-order valence-electron chi connectivity index (χ3n) is 5.86. The molecule has 0 aromatic heterocycles. The van der Waals surface area contributed by atoms with E-state index in [2.05, 4.69) is 5.32 Å². The Hall–Kier alpha value is -1.28. The van der Waals surface area contributed by atoms with E-state index in [0.717, 1.165) is 19.3 Å². The third-order valence-corrected chi connectivity index (χ3v) is 5.86. The van der Waals surface area contributed by atoms with Crippen molar-refractivity contribution in [3.8, 4) is 0 Å². The number of piperidine rings is 1.